The first-order chi connectivity index (χ1) is 12.4. The van der Waals surface area contributed by atoms with Crippen molar-refractivity contribution in [2.24, 2.45) is 5.41 Å². The molecule has 0 heterocycles. The highest BCUT2D eigenvalue weighted by Crippen LogP contribution is 2.33. The van der Waals surface area contributed by atoms with Gasteiger partial charge in [0.15, 0.2) is 0 Å². The van der Waals surface area contributed by atoms with Crippen LogP contribution in [0.1, 0.15) is 37.7 Å². The van der Waals surface area contributed by atoms with Crippen molar-refractivity contribution in [3.8, 4) is 0 Å². The van der Waals surface area contributed by atoms with Gasteiger partial charge in [-0.15, -0.1) is 0 Å². The molecule has 2 aromatic rings. The van der Waals surface area contributed by atoms with Crippen LogP contribution in [0.2, 0.25) is 0 Å². The van der Waals surface area contributed by atoms with Crippen LogP contribution in [0.5, 0.6) is 0 Å². The Hall–Kier alpha value is -2.08. The normalized spacial score (nSPS) is 15.7. The van der Waals surface area contributed by atoms with Gasteiger partial charge in [0.25, 0.3) is 0 Å². The van der Waals surface area contributed by atoms with E-state index in [9.17, 15) is 9.59 Å². The summed E-state index contributed by atoms with van der Waals surface area (Å²) in [7, 11) is 0. The summed E-state index contributed by atoms with van der Waals surface area (Å²) in [6, 6.07) is 14.2. The van der Waals surface area contributed by atoms with E-state index in [0.717, 1.165) is 10.9 Å². The van der Waals surface area contributed by atoms with Crippen LogP contribution in [0.15, 0.2) is 42.5 Å². The van der Waals surface area contributed by atoms with Gasteiger partial charge in [0.1, 0.15) is 11.6 Å². The standard InChI is InChI=1S/C16H14O2.C5H12O3/c17-13-8-12(9-14(18)10-13)16-7-3-5-11-4-1-2-6-15(11)16;1-5(2-6,3-7)4-8/h1-7,12H,8-10H2;6-8H,2-4H2,1H3. The Morgan fingerprint density at radius 2 is 1.42 bits per heavy atom. The summed E-state index contributed by atoms with van der Waals surface area (Å²) in [4.78, 5) is 23.1. The maximum atomic E-state index is 11.6. The number of benzene rings is 2. The van der Waals surface area contributed by atoms with Gasteiger partial charge in [-0.3, -0.25) is 9.59 Å². The van der Waals surface area contributed by atoms with Gasteiger partial charge in [0, 0.05) is 18.3 Å². The van der Waals surface area contributed by atoms with Gasteiger partial charge in [-0.1, -0.05) is 49.4 Å². The summed E-state index contributed by atoms with van der Waals surface area (Å²) < 4.78 is 0. The lowest BCUT2D eigenvalue weighted by molar-refractivity contribution is -0.130. The third-order valence-electron chi connectivity index (χ3n) is 4.75. The van der Waals surface area contributed by atoms with Crippen LogP contribution in [-0.4, -0.2) is 46.7 Å². The molecule has 0 amide bonds. The predicted molar refractivity (Wildman–Crippen MR) is 99.9 cm³/mol. The van der Waals surface area contributed by atoms with Crippen LogP contribution in [-0.2, 0) is 9.59 Å². The Balaban J connectivity index is 0.000000260. The van der Waals surface area contributed by atoms with Crippen molar-refractivity contribution >= 4 is 22.3 Å². The van der Waals surface area contributed by atoms with E-state index in [2.05, 4.69) is 18.2 Å². The van der Waals surface area contributed by atoms with Gasteiger partial charge in [0.05, 0.1) is 26.2 Å². The van der Waals surface area contributed by atoms with Gasteiger partial charge in [-0.25, -0.2) is 0 Å². The number of aliphatic hydroxyl groups excluding tert-OH is 3. The predicted octanol–water partition coefficient (Wildman–Crippen LogP) is 2.22. The molecule has 5 heteroatoms. The first kappa shape index (κ1) is 20.2. The van der Waals surface area contributed by atoms with E-state index >= 15 is 0 Å². The van der Waals surface area contributed by atoms with E-state index in [1.165, 1.54) is 5.39 Å². The Morgan fingerprint density at radius 3 is 1.96 bits per heavy atom. The fourth-order valence-electron chi connectivity index (χ4n) is 2.96. The summed E-state index contributed by atoms with van der Waals surface area (Å²) in [6.07, 6.45) is 1.13. The van der Waals surface area contributed by atoms with Crippen molar-refractivity contribution < 1.29 is 24.9 Å². The zero-order valence-electron chi connectivity index (χ0n) is 15.0. The number of carbonyl (C=O) groups excluding carboxylic acids is 2. The molecule has 5 nitrogen and oxygen atoms in total. The molecule has 3 rings (SSSR count). The van der Waals surface area contributed by atoms with Crippen LogP contribution in [0.25, 0.3) is 10.8 Å². The Labute approximate surface area is 153 Å². The van der Waals surface area contributed by atoms with Crippen molar-refractivity contribution in [2.45, 2.75) is 32.1 Å². The number of hydrogen-bond donors (Lipinski definition) is 3. The molecule has 26 heavy (non-hydrogen) atoms. The maximum absolute atomic E-state index is 11.6. The molecule has 0 atom stereocenters. The highest BCUT2D eigenvalue weighted by molar-refractivity contribution is 6.02. The van der Waals surface area contributed by atoms with Gasteiger partial charge in [-0.05, 0) is 22.3 Å². The Morgan fingerprint density at radius 1 is 0.885 bits per heavy atom. The van der Waals surface area contributed by atoms with Crippen molar-refractivity contribution in [3.63, 3.8) is 0 Å². The second kappa shape index (κ2) is 9.03. The van der Waals surface area contributed by atoms with Crippen LogP contribution < -0.4 is 0 Å². The summed E-state index contributed by atoms with van der Waals surface area (Å²) in [6.45, 7) is 1.06. The zero-order chi connectivity index (χ0) is 19.2. The van der Waals surface area contributed by atoms with Crippen LogP contribution in [0.4, 0.5) is 0 Å². The third-order valence-corrected chi connectivity index (χ3v) is 4.75. The van der Waals surface area contributed by atoms with E-state index in [1.54, 1.807) is 6.92 Å². The molecule has 0 spiro atoms. The van der Waals surface area contributed by atoms with Crippen molar-refractivity contribution in [1.29, 1.82) is 0 Å². The molecule has 1 aliphatic carbocycles. The van der Waals surface area contributed by atoms with Gasteiger partial charge in [-0.2, -0.15) is 0 Å². The number of fused-ring (bicyclic) bond motifs is 1. The van der Waals surface area contributed by atoms with Gasteiger partial charge in [0.2, 0.25) is 0 Å². The average Bonchev–Trinajstić information content (AvgIpc) is 2.66. The van der Waals surface area contributed by atoms with E-state index in [4.69, 9.17) is 15.3 Å². The molecule has 3 N–H and O–H groups in total. The van der Waals surface area contributed by atoms with E-state index < -0.39 is 5.41 Å². The minimum absolute atomic E-state index is 0.0600. The molecular weight excluding hydrogens is 332 g/mol. The molecule has 2 aromatic carbocycles. The molecule has 1 saturated carbocycles. The average molecular weight is 358 g/mol. The quantitative estimate of drug-likeness (QED) is 0.729. The Bertz CT molecular complexity index is 734. The summed E-state index contributed by atoms with van der Waals surface area (Å²) in [5, 5.41) is 27.7. The van der Waals surface area contributed by atoms with Crippen molar-refractivity contribution in [3.05, 3.63) is 48.0 Å². The largest absolute Gasteiger partial charge is 0.396 e. The minimum atomic E-state index is -0.708. The lowest BCUT2D eigenvalue weighted by atomic mass is 9.81. The summed E-state index contributed by atoms with van der Waals surface area (Å²) in [5.41, 5.74) is 0.425. The number of ketones is 2. The fourth-order valence-corrected chi connectivity index (χ4v) is 2.96. The van der Waals surface area contributed by atoms with Gasteiger partial charge >= 0.3 is 0 Å². The monoisotopic (exact) mass is 358 g/mol. The van der Waals surface area contributed by atoms with E-state index in [0.29, 0.717) is 12.8 Å². The molecular formula is C21H26O5. The Kier molecular flexibility index (Phi) is 7.03. The van der Waals surface area contributed by atoms with Gasteiger partial charge < -0.3 is 15.3 Å². The van der Waals surface area contributed by atoms with E-state index in [1.807, 2.05) is 24.3 Å². The summed E-state index contributed by atoms with van der Waals surface area (Å²) >= 11 is 0. The number of rotatable bonds is 4. The molecule has 1 aliphatic rings. The first-order valence-electron chi connectivity index (χ1n) is 8.76. The molecule has 1 fully saturated rings. The highest BCUT2D eigenvalue weighted by Gasteiger charge is 2.27. The molecule has 0 unspecified atom stereocenters. The van der Waals surface area contributed by atoms with Crippen molar-refractivity contribution in [2.75, 3.05) is 19.8 Å². The van der Waals surface area contributed by atoms with E-state index in [-0.39, 0.29) is 43.7 Å². The highest BCUT2D eigenvalue weighted by atomic mass is 16.3. The summed E-state index contributed by atoms with van der Waals surface area (Å²) in [5.74, 6) is 0.207. The molecule has 0 bridgehead atoms. The first-order valence-corrected chi connectivity index (χ1v) is 8.76. The lowest BCUT2D eigenvalue weighted by Crippen LogP contribution is -2.29. The molecule has 140 valence electrons. The van der Waals surface area contributed by atoms with Crippen LogP contribution in [0.3, 0.4) is 0 Å². The van der Waals surface area contributed by atoms with Crippen molar-refractivity contribution in [1.82, 2.24) is 0 Å². The molecule has 0 aliphatic heterocycles. The van der Waals surface area contributed by atoms with Crippen LogP contribution >= 0.6 is 0 Å². The molecule has 0 aromatic heterocycles. The van der Waals surface area contributed by atoms with Crippen LogP contribution in [0, 0.1) is 5.41 Å². The topological polar surface area (TPSA) is 94.8 Å². The molecule has 0 saturated heterocycles. The number of aliphatic hydroxyl groups is 3. The second-order valence-electron chi connectivity index (χ2n) is 7.21. The number of Topliss-reactive ketones (excluding diaryl/α,β-unsaturated/α-hetero) is 2. The smallest absolute Gasteiger partial charge is 0.140 e. The second-order valence-corrected chi connectivity index (χ2v) is 7.21. The third kappa shape index (κ3) is 4.97. The SMILES string of the molecule is CC(CO)(CO)CO.O=C1CC(=O)CC(c2cccc3ccccc23)C1. The molecule has 0 radical (unpaired) electrons. The number of hydrogen-bond acceptors (Lipinski definition) is 5. The number of carbonyl (C=O) groups is 2. The zero-order valence-corrected chi connectivity index (χ0v) is 15.0. The lowest BCUT2D eigenvalue weighted by Gasteiger charge is -2.21. The fraction of sp³-hybridized carbons (Fsp3) is 0.429. The maximum Gasteiger partial charge on any atom is 0.140 e. The minimum Gasteiger partial charge on any atom is -0.396 e.